The van der Waals surface area contributed by atoms with Crippen molar-refractivity contribution in [3.63, 3.8) is 0 Å². The van der Waals surface area contributed by atoms with Gasteiger partial charge in [-0.15, -0.1) is 0 Å². The predicted molar refractivity (Wildman–Crippen MR) is 67.5 cm³/mol. The number of aryl methyl sites for hydroxylation is 1. The maximum Gasteiger partial charge on any atom is 0.304 e. The number of hydrogen-bond donors (Lipinski definition) is 1. The van der Waals surface area contributed by atoms with Gasteiger partial charge in [0.25, 0.3) is 0 Å². The van der Waals surface area contributed by atoms with Crippen LogP contribution in [-0.4, -0.2) is 29.6 Å². The lowest BCUT2D eigenvalue weighted by Crippen LogP contribution is -2.21. The van der Waals surface area contributed by atoms with E-state index in [-0.39, 0.29) is 6.42 Å². The van der Waals surface area contributed by atoms with Gasteiger partial charge in [-0.1, -0.05) is 28.1 Å². The lowest BCUT2D eigenvalue weighted by Gasteiger charge is -2.16. The van der Waals surface area contributed by atoms with Crippen molar-refractivity contribution < 1.29 is 9.90 Å². The van der Waals surface area contributed by atoms with Gasteiger partial charge in [0.05, 0.1) is 6.42 Å². The van der Waals surface area contributed by atoms with Crippen LogP contribution >= 0.6 is 15.9 Å². The number of carbonyl (C=O) groups is 1. The zero-order chi connectivity index (χ0) is 12.1. The Bertz CT molecular complexity index is 379. The molecule has 1 rings (SSSR count). The van der Waals surface area contributed by atoms with Gasteiger partial charge in [-0.3, -0.25) is 4.79 Å². The van der Waals surface area contributed by atoms with Crippen molar-refractivity contribution >= 4 is 21.9 Å². The van der Waals surface area contributed by atoms with E-state index >= 15 is 0 Å². The summed E-state index contributed by atoms with van der Waals surface area (Å²) >= 11 is 3.51. The van der Waals surface area contributed by atoms with Gasteiger partial charge in [0.15, 0.2) is 0 Å². The summed E-state index contributed by atoms with van der Waals surface area (Å²) < 4.78 is 1.08. The van der Waals surface area contributed by atoms with Crippen molar-refractivity contribution in [2.24, 2.45) is 0 Å². The molecule has 0 bridgehead atoms. The van der Waals surface area contributed by atoms with Gasteiger partial charge in [0.2, 0.25) is 0 Å². The number of carboxylic acids is 1. The van der Waals surface area contributed by atoms with Crippen LogP contribution in [0.15, 0.2) is 22.7 Å². The van der Waals surface area contributed by atoms with Crippen molar-refractivity contribution in [3.05, 3.63) is 33.8 Å². The highest BCUT2D eigenvalue weighted by Gasteiger charge is 2.06. The first-order valence-corrected chi connectivity index (χ1v) is 5.93. The molecule has 0 heterocycles. The van der Waals surface area contributed by atoms with Crippen LogP contribution < -0.4 is 0 Å². The number of nitrogens with zero attached hydrogens (tertiary/aromatic N) is 1. The first-order valence-electron chi connectivity index (χ1n) is 5.14. The Morgan fingerprint density at radius 2 is 2.19 bits per heavy atom. The highest BCUT2D eigenvalue weighted by molar-refractivity contribution is 9.10. The fraction of sp³-hybridized carbons (Fsp3) is 0.417. The Morgan fingerprint density at radius 3 is 2.75 bits per heavy atom. The van der Waals surface area contributed by atoms with Crippen LogP contribution in [0.1, 0.15) is 17.5 Å². The van der Waals surface area contributed by atoms with Gasteiger partial charge in [-0.2, -0.15) is 0 Å². The highest BCUT2D eigenvalue weighted by atomic mass is 79.9. The summed E-state index contributed by atoms with van der Waals surface area (Å²) in [4.78, 5) is 12.4. The van der Waals surface area contributed by atoms with Crippen LogP contribution in [0.4, 0.5) is 0 Å². The van der Waals surface area contributed by atoms with E-state index in [0.29, 0.717) is 6.54 Å². The molecule has 1 aromatic rings. The van der Waals surface area contributed by atoms with E-state index in [1.54, 1.807) is 0 Å². The van der Waals surface area contributed by atoms with E-state index in [4.69, 9.17) is 5.11 Å². The molecule has 0 amide bonds. The molecule has 3 nitrogen and oxygen atoms in total. The first-order chi connectivity index (χ1) is 7.49. The van der Waals surface area contributed by atoms with Crippen molar-refractivity contribution in [2.75, 3.05) is 13.6 Å². The molecule has 0 fully saturated rings. The third kappa shape index (κ3) is 4.33. The molecule has 0 spiro atoms. The minimum absolute atomic E-state index is 0.181. The number of benzene rings is 1. The molecule has 0 atom stereocenters. The lowest BCUT2D eigenvalue weighted by molar-refractivity contribution is -0.137. The Kier molecular flexibility index (Phi) is 4.96. The van der Waals surface area contributed by atoms with Crippen molar-refractivity contribution in [1.29, 1.82) is 0 Å². The molecule has 16 heavy (non-hydrogen) atoms. The minimum atomic E-state index is -0.755. The highest BCUT2D eigenvalue weighted by Crippen LogP contribution is 2.19. The van der Waals surface area contributed by atoms with Gasteiger partial charge in [0.1, 0.15) is 0 Å². The largest absolute Gasteiger partial charge is 0.481 e. The number of rotatable bonds is 5. The van der Waals surface area contributed by atoms with E-state index in [1.165, 1.54) is 11.1 Å². The van der Waals surface area contributed by atoms with Gasteiger partial charge < -0.3 is 10.0 Å². The zero-order valence-electron chi connectivity index (χ0n) is 9.53. The third-order valence-corrected chi connectivity index (χ3v) is 3.09. The molecule has 0 radical (unpaired) electrons. The summed E-state index contributed by atoms with van der Waals surface area (Å²) in [6.45, 7) is 3.37. The van der Waals surface area contributed by atoms with E-state index < -0.39 is 5.97 Å². The molecule has 0 aromatic heterocycles. The monoisotopic (exact) mass is 285 g/mol. The molecule has 0 unspecified atom stereocenters. The van der Waals surface area contributed by atoms with Gasteiger partial charge in [0, 0.05) is 17.6 Å². The van der Waals surface area contributed by atoms with Crippen molar-refractivity contribution in [2.45, 2.75) is 19.9 Å². The molecule has 0 saturated heterocycles. The fourth-order valence-electron chi connectivity index (χ4n) is 1.44. The standard InChI is InChI=1S/C12H16BrNO2/c1-9-3-4-10(11(13)7-9)8-14(2)6-5-12(15)16/h3-4,7H,5-6,8H2,1-2H3,(H,15,16). The van der Waals surface area contributed by atoms with Crippen LogP contribution in [0.25, 0.3) is 0 Å². The third-order valence-electron chi connectivity index (χ3n) is 2.36. The van der Waals surface area contributed by atoms with Gasteiger partial charge >= 0.3 is 5.97 Å². The molecule has 4 heteroatoms. The summed E-state index contributed by atoms with van der Waals surface area (Å²) in [7, 11) is 1.93. The molecule has 0 saturated carbocycles. The van der Waals surface area contributed by atoms with Crippen LogP contribution in [0.3, 0.4) is 0 Å². The average Bonchev–Trinajstić information content (AvgIpc) is 2.19. The summed E-state index contributed by atoms with van der Waals surface area (Å²) in [6.07, 6.45) is 0.181. The number of aliphatic carboxylic acids is 1. The Morgan fingerprint density at radius 1 is 1.50 bits per heavy atom. The molecule has 88 valence electrons. The van der Waals surface area contributed by atoms with E-state index in [1.807, 2.05) is 18.9 Å². The second-order valence-corrected chi connectivity index (χ2v) is 4.83. The van der Waals surface area contributed by atoms with Crippen LogP contribution in [-0.2, 0) is 11.3 Å². The van der Waals surface area contributed by atoms with Gasteiger partial charge in [-0.25, -0.2) is 0 Å². The number of hydrogen-bond acceptors (Lipinski definition) is 2. The maximum atomic E-state index is 10.4. The lowest BCUT2D eigenvalue weighted by atomic mass is 10.1. The van der Waals surface area contributed by atoms with Gasteiger partial charge in [-0.05, 0) is 31.2 Å². The fourth-order valence-corrected chi connectivity index (χ4v) is 2.06. The second kappa shape index (κ2) is 6.01. The maximum absolute atomic E-state index is 10.4. The minimum Gasteiger partial charge on any atom is -0.481 e. The summed E-state index contributed by atoms with van der Waals surface area (Å²) in [5.74, 6) is -0.755. The Hall–Kier alpha value is -0.870. The molecule has 0 aliphatic rings. The molecule has 1 N–H and O–H groups in total. The number of halogens is 1. The van der Waals surface area contributed by atoms with E-state index in [0.717, 1.165) is 11.0 Å². The smallest absolute Gasteiger partial charge is 0.304 e. The van der Waals surface area contributed by atoms with Crippen LogP contribution in [0, 0.1) is 6.92 Å². The molecule has 0 aliphatic heterocycles. The van der Waals surface area contributed by atoms with E-state index in [9.17, 15) is 4.79 Å². The predicted octanol–water partition coefficient (Wildman–Crippen LogP) is 2.66. The first kappa shape index (κ1) is 13.2. The zero-order valence-corrected chi connectivity index (χ0v) is 11.1. The Balaban J connectivity index is 2.55. The molecule has 1 aromatic carbocycles. The van der Waals surface area contributed by atoms with Crippen LogP contribution in [0.5, 0.6) is 0 Å². The van der Waals surface area contributed by atoms with Crippen LogP contribution in [0.2, 0.25) is 0 Å². The number of carboxylic acid groups (broad SMARTS) is 1. The SMILES string of the molecule is Cc1ccc(CN(C)CCC(=O)O)c(Br)c1. The summed E-state index contributed by atoms with van der Waals surface area (Å²) in [6, 6.07) is 6.20. The average molecular weight is 286 g/mol. The van der Waals surface area contributed by atoms with Crippen molar-refractivity contribution in [3.8, 4) is 0 Å². The molecule has 0 aliphatic carbocycles. The summed E-state index contributed by atoms with van der Waals surface area (Å²) in [5, 5.41) is 8.58. The molecular weight excluding hydrogens is 270 g/mol. The Labute approximate surface area is 104 Å². The second-order valence-electron chi connectivity index (χ2n) is 3.98. The summed E-state index contributed by atoms with van der Waals surface area (Å²) in [5.41, 5.74) is 2.39. The quantitative estimate of drug-likeness (QED) is 0.904. The topological polar surface area (TPSA) is 40.5 Å². The molecular formula is C12H16BrNO2. The normalized spacial score (nSPS) is 10.8. The van der Waals surface area contributed by atoms with E-state index in [2.05, 4.69) is 34.1 Å². The van der Waals surface area contributed by atoms with Crippen molar-refractivity contribution in [1.82, 2.24) is 4.90 Å².